The van der Waals surface area contributed by atoms with Crippen molar-refractivity contribution in [1.82, 2.24) is 4.90 Å². The van der Waals surface area contributed by atoms with E-state index in [9.17, 15) is 5.11 Å². The molecule has 1 N–H and O–H groups in total. The summed E-state index contributed by atoms with van der Waals surface area (Å²) in [5.74, 6) is 1.27. The molecule has 0 amide bonds. The molecular weight excluding hydrogens is 431 g/mol. The average molecular weight is 462 g/mol. The van der Waals surface area contributed by atoms with Crippen LogP contribution in [0.15, 0.2) is 48.5 Å². The van der Waals surface area contributed by atoms with Crippen molar-refractivity contribution in [1.29, 1.82) is 0 Å². The molecule has 4 nitrogen and oxygen atoms in total. The van der Waals surface area contributed by atoms with Crippen LogP contribution in [-0.4, -0.2) is 55.4 Å². The zero-order chi connectivity index (χ0) is 19.2. The molecule has 0 bridgehead atoms. The lowest BCUT2D eigenvalue weighted by molar-refractivity contribution is 0.0659. The minimum Gasteiger partial charge on any atom is -0.491 e. The first-order valence-corrected chi connectivity index (χ1v) is 10.0. The highest BCUT2D eigenvalue weighted by Crippen LogP contribution is 2.26. The van der Waals surface area contributed by atoms with Gasteiger partial charge >= 0.3 is 0 Å². The second-order valence-electron chi connectivity index (χ2n) is 7.42. The van der Waals surface area contributed by atoms with Crippen molar-refractivity contribution in [3.05, 3.63) is 59.1 Å². The van der Waals surface area contributed by atoms with E-state index in [1.54, 1.807) is 0 Å². The number of rotatable bonds is 7. The molecule has 3 rings (SSSR count). The molecule has 2 aromatic carbocycles. The summed E-state index contributed by atoms with van der Waals surface area (Å²) in [6.07, 6.45) is -0.497. The fourth-order valence-corrected chi connectivity index (χ4v) is 3.67. The highest BCUT2D eigenvalue weighted by Gasteiger charge is 2.20. The quantitative estimate of drug-likeness (QED) is 0.638. The lowest BCUT2D eigenvalue weighted by Crippen LogP contribution is -2.49. The monoisotopic (exact) mass is 460 g/mol. The van der Waals surface area contributed by atoms with Crippen molar-refractivity contribution in [2.45, 2.75) is 25.9 Å². The first-order chi connectivity index (χ1) is 13.0. The molecular formula is C22H31Cl3N2O2. The van der Waals surface area contributed by atoms with Gasteiger partial charge in [0.05, 0.1) is 0 Å². The van der Waals surface area contributed by atoms with Gasteiger partial charge in [-0.1, -0.05) is 49.7 Å². The van der Waals surface area contributed by atoms with E-state index in [-0.39, 0.29) is 24.8 Å². The Morgan fingerprint density at radius 2 is 1.69 bits per heavy atom. The van der Waals surface area contributed by atoms with E-state index in [0.29, 0.717) is 19.1 Å². The van der Waals surface area contributed by atoms with Crippen molar-refractivity contribution >= 4 is 42.1 Å². The molecule has 1 aliphatic rings. The molecule has 1 saturated heterocycles. The molecule has 1 aliphatic heterocycles. The van der Waals surface area contributed by atoms with E-state index in [1.807, 2.05) is 36.4 Å². The predicted molar refractivity (Wildman–Crippen MR) is 127 cm³/mol. The van der Waals surface area contributed by atoms with E-state index in [2.05, 4.69) is 35.8 Å². The summed E-state index contributed by atoms with van der Waals surface area (Å²) in [5, 5.41) is 11.2. The van der Waals surface area contributed by atoms with Crippen LogP contribution in [0.3, 0.4) is 0 Å². The van der Waals surface area contributed by atoms with Crippen LogP contribution >= 0.6 is 36.4 Å². The average Bonchev–Trinajstić information content (AvgIpc) is 2.67. The molecule has 2 aromatic rings. The number of nitrogens with zero attached hydrogens (tertiary/aromatic N) is 2. The van der Waals surface area contributed by atoms with Crippen LogP contribution < -0.4 is 9.64 Å². The molecule has 7 heteroatoms. The second-order valence-corrected chi connectivity index (χ2v) is 7.86. The number of aliphatic hydroxyl groups is 1. The number of hydrogen-bond donors (Lipinski definition) is 1. The normalized spacial score (nSPS) is 15.4. The van der Waals surface area contributed by atoms with Crippen molar-refractivity contribution < 1.29 is 9.84 Å². The maximum atomic E-state index is 10.4. The minimum absolute atomic E-state index is 0. The number of para-hydroxylation sites is 1. The topological polar surface area (TPSA) is 35.9 Å². The van der Waals surface area contributed by atoms with Gasteiger partial charge < -0.3 is 14.7 Å². The van der Waals surface area contributed by atoms with Gasteiger partial charge in [0.2, 0.25) is 0 Å². The van der Waals surface area contributed by atoms with Crippen molar-refractivity contribution in [2.24, 2.45) is 0 Å². The number of hydrogen-bond acceptors (Lipinski definition) is 4. The van der Waals surface area contributed by atoms with Gasteiger partial charge in [0.15, 0.2) is 0 Å². The predicted octanol–water partition coefficient (Wildman–Crippen LogP) is 4.87. The molecule has 1 atom stereocenters. The Balaban J connectivity index is 0.00000210. The first-order valence-electron chi connectivity index (χ1n) is 9.65. The van der Waals surface area contributed by atoms with Gasteiger partial charge in [-0.15, -0.1) is 24.8 Å². The number of aliphatic hydroxyl groups excluding tert-OH is 1. The Kier molecular flexibility index (Phi) is 11.2. The SMILES string of the molecule is CC(C)c1ccccc1OCC(O)CN1CCN(c2cccc(Cl)c2)CC1.Cl.Cl. The van der Waals surface area contributed by atoms with Crippen LogP contribution in [0.1, 0.15) is 25.3 Å². The first kappa shape index (κ1) is 25.9. The van der Waals surface area contributed by atoms with Crippen LogP contribution in [0, 0.1) is 0 Å². The third-order valence-corrected chi connectivity index (χ3v) is 5.22. The largest absolute Gasteiger partial charge is 0.491 e. The number of β-amino-alcohol motifs (C(OH)–C–C–N with tert-alkyl or cyclic N) is 1. The van der Waals surface area contributed by atoms with Gasteiger partial charge in [0, 0.05) is 43.4 Å². The Bertz CT molecular complexity index is 738. The smallest absolute Gasteiger partial charge is 0.122 e. The molecule has 1 unspecified atom stereocenters. The van der Waals surface area contributed by atoms with Gasteiger partial charge in [-0.05, 0) is 35.7 Å². The summed E-state index contributed by atoms with van der Waals surface area (Å²) in [6, 6.07) is 16.0. The highest BCUT2D eigenvalue weighted by molar-refractivity contribution is 6.30. The number of ether oxygens (including phenoxy) is 1. The van der Waals surface area contributed by atoms with Crippen molar-refractivity contribution in [2.75, 3.05) is 44.2 Å². The Morgan fingerprint density at radius 1 is 1.00 bits per heavy atom. The molecule has 1 fully saturated rings. The van der Waals surface area contributed by atoms with Crippen LogP contribution in [-0.2, 0) is 0 Å². The summed E-state index contributed by atoms with van der Waals surface area (Å²) in [7, 11) is 0. The molecule has 0 aromatic heterocycles. The van der Waals surface area contributed by atoms with E-state index in [4.69, 9.17) is 16.3 Å². The van der Waals surface area contributed by atoms with E-state index in [1.165, 1.54) is 5.56 Å². The number of benzene rings is 2. The molecule has 0 radical (unpaired) electrons. The zero-order valence-electron chi connectivity index (χ0n) is 17.0. The maximum Gasteiger partial charge on any atom is 0.122 e. The standard InChI is InChI=1S/C22H29ClN2O2.2ClH/c1-17(2)21-8-3-4-9-22(21)27-16-20(26)15-24-10-12-25(13-11-24)19-7-5-6-18(23)14-19;;/h3-9,14,17,20,26H,10-13,15-16H2,1-2H3;2*1H. The van der Waals surface area contributed by atoms with Gasteiger partial charge in [-0.25, -0.2) is 0 Å². The molecule has 1 heterocycles. The molecule has 162 valence electrons. The summed E-state index contributed by atoms with van der Waals surface area (Å²) >= 11 is 6.09. The molecule has 0 saturated carbocycles. The Hall–Kier alpha value is -1.17. The zero-order valence-corrected chi connectivity index (χ0v) is 19.3. The fourth-order valence-electron chi connectivity index (χ4n) is 3.49. The molecule has 29 heavy (non-hydrogen) atoms. The fraction of sp³-hybridized carbons (Fsp3) is 0.455. The van der Waals surface area contributed by atoms with E-state index in [0.717, 1.165) is 42.6 Å². The Labute approximate surface area is 191 Å². The Morgan fingerprint density at radius 3 is 2.34 bits per heavy atom. The summed E-state index contributed by atoms with van der Waals surface area (Å²) in [6.45, 7) is 8.97. The highest BCUT2D eigenvalue weighted by atomic mass is 35.5. The van der Waals surface area contributed by atoms with E-state index < -0.39 is 6.10 Å². The third kappa shape index (κ3) is 7.54. The number of piperazine rings is 1. The lowest BCUT2D eigenvalue weighted by Gasteiger charge is -2.37. The maximum absolute atomic E-state index is 10.4. The van der Waals surface area contributed by atoms with Crippen LogP contribution in [0.2, 0.25) is 5.02 Å². The summed E-state index contributed by atoms with van der Waals surface area (Å²) < 4.78 is 5.90. The van der Waals surface area contributed by atoms with Gasteiger partial charge in [0.1, 0.15) is 18.5 Å². The van der Waals surface area contributed by atoms with Crippen molar-refractivity contribution in [3.8, 4) is 5.75 Å². The third-order valence-electron chi connectivity index (χ3n) is 4.99. The summed E-state index contributed by atoms with van der Waals surface area (Å²) in [5.41, 5.74) is 2.34. The second kappa shape index (κ2) is 12.5. The number of halogens is 3. The van der Waals surface area contributed by atoms with Gasteiger partial charge in [-0.2, -0.15) is 0 Å². The molecule has 0 spiro atoms. The van der Waals surface area contributed by atoms with Gasteiger partial charge in [0.25, 0.3) is 0 Å². The van der Waals surface area contributed by atoms with Gasteiger partial charge in [-0.3, -0.25) is 4.90 Å². The lowest BCUT2D eigenvalue weighted by atomic mass is 10.0. The van der Waals surface area contributed by atoms with E-state index >= 15 is 0 Å². The molecule has 0 aliphatic carbocycles. The number of anilines is 1. The summed E-state index contributed by atoms with van der Waals surface area (Å²) in [4.78, 5) is 4.63. The minimum atomic E-state index is -0.497. The van der Waals surface area contributed by atoms with Crippen LogP contribution in [0.4, 0.5) is 5.69 Å². The van der Waals surface area contributed by atoms with Crippen LogP contribution in [0.25, 0.3) is 0 Å². The van der Waals surface area contributed by atoms with Crippen molar-refractivity contribution in [3.63, 3.8) is 0 Å². The van der Waals surface area contributed by atoms with Crippen LogP contribution in [0.5, 0.6) is 5.75 Å².